The topological polar surface area (TPSA) is 64.8 Å². The van der Waals surface area contributed by atoms with Gasteiger partial charge in [0.2, 0.25) is 5.89 Å². The highest BCUT2D eigenvalue weighted by atomic mass is 16.5. The molecule has 4 aromatic rings. The van der Waals surface area contributed by atoms with Gasteiger partial charge >= 0.3 is 5.97 Å². The molecule has 6 nitrogen and oxygen atoms in total. The maximum atomic E-state index is 12.4. The van der Waals surface area contributed by atoms with Crippen molar-refractivity contribution in [2.75, 3.05) is 20.8 Å². The normalized spacial score (nSPS) is 11.9. The van der Waals surface area contributed by atoms with Crippen LogP contribution in [0.1, 0.15) is 22.9 Å². The van der Waals surface area contributed by atoms with Crippen molar-refractivity contribution >= 4 is 5.97 Å². The van der Waals surface area contributed by atoms with Crippen molar-refractivity contribution in [1.82, 2.24) is 9.88 Å². The summed E-state index contributed by atoms with van der Waals surface area (Å²) in [4.78, 5) is 18.9. The van der Waals surface area contributed by atoms with Crippen LogP contribution in [0.2, 0.25) is 0 Å². The van der Waals surface area contributed by atoms with Gasteiger partial charge in [-0.1, -0.05) is 60.7 Å². The summed E-state index contributed by atoms with van der Waals surface area (Å²) in [7, 11) is 3.33. The zero-order valence-electron chi connectivity index (χ0n) is 19.4. The Morgan fingerprint density at radius 1 is 0.971 bits per heavy atom. The molecule has 0 aliphatic rings. The molecule has 1 unspecified atom stereocenters. The average molecular weight is 457 g/mol. The van der Waals surface area contributed by atoms with Crippen LogP contribution in [-0.2, 0) is 22.5 Å². The van der Waals surface area contributed by atoms with Crippen molar-refractivity contribution < 1.29 is 18.7 Å². The van der Waals surface area contributed by atoms with Crippen molar-refractivity contribution in [1.29, 1.82) is 0 Å². The van der Waals surface area contributed by atoms with Gasteiger partial charge in [0.05, 0.1) is 19.4 Å². The fourth-order valence-electron chi connectivity index (χ4n) is 3.80. The third-order valence-electron chi connectivity index (χ3n) is 5.54. The van der Waals surface area contributed by atoms with Crippen LogP contribution in [0.25, 0.3) is 11.5 Å². The quantitative estimate of drug-likeness (QED) is 0.301. The van der Waals surface area contributed by atoms with Gasteiger partial charge in [0.1, 0.15) is 18.1 Å². The Morgan fingerprint density at radius 3 is 2.32 bits per heavy atom. The van der Waals surface area contributed by atoms with Crippen LogP contribution in [0.15, 0.2) is 95.6 Å². The van der Waals surface area contributed by atoms with Gasteiger partial charge in [0.25, 0.3) is 0 Å². The van der Waals surface area contributed by atoms with E-state index < -0.39 is 6.04 Å². The molecule has 6 heteroatoms. The van der Waals surface area contributed by atoms with Gasteiger partial charge < -0.3 is 13.9 Å². The van der Waals surface area contributed by atoms with Crippen LogP contribution in [0.3, 0.4) is 0 Å². The molecule has 3 aromatic carbocycles. The lowest BCUT2D eigenvalue weighted by Crippen LogP contribution is -2.31. The Kier molecular flexibility index (Phi) is 7.73. The lowest BCUT2D eigenvalue weighted by Gasteiger charge is -2.26. The molecule has 0 radical (unpaired) electrons. The molecule has 0 aliphatic heterocycles. The number of methoxy groups -OCH3 is 1. The lowest BCUT2D eigenvalue weighted by molar-refractivity contribution is -0.147. The van der Waals surface area contributed by atoms with Gasteiger partial charge in [-0.3, -0.25) is 4.90 Å². The molecule has 0 saturated carbocycles. The summed E-state index contributed by atoms with van der Waals surface area (Å²) < 4.78 is 16.5. The molecule has 0 fully saturated rings. The van der Waals surface area contributed by atoms with E-state index in [0.29, 0.717) is 25.5 Å². The Morgan fingerprint density at radius 2 is 1.65 bits per heavy atom. The molecule has 34 heavy (non-hydrogen) atoms. The van der Waals surface area contributed by atoms with E-state index >= 15 is 0 Å². The number of likely N-dealkylation sites (N-methyl/N-ethyl adjacent to an activating group) is 1. The molecule has 1 aromatic heterocycles. The minimum Gasteiger partial charge on any atom is -0.493 e. The first-order valence-electron chi connectivity index (χ1n) is 11.2. The second kappa shape index (κ2) is 11.3. The lowest BCUT2D eigenvalue weighted by atomic mass is 10.0. The van der Waals surface area contributed by atoms with Crippen molar-refractivity contribution in [3.63, 3.8) is 0 Å². The zero-order chi connectivity index (χ0) is 23.8. The fourth-order valence-corrected chi connectivity index (χ4v) is 3.80. The molecule has 174 valence electrons. The number of hydrogen-bond acceptors (Lipinski definition) is 6. The zero-order valence-corrected chi connectivity index (χ0v) is 19.4. The van der Waals surface area contributed by atoms with Gasteiger partial charge in [-0.25, -0.2) is 9.78 Å². The van der Waals surface area contributed by atoms with Gasteiger partial charge in [-0.05, 0) is 42.4 Å². The first kappa shape index (κ1) is 23.3. The molecule has 0 saturated heterocycles. The molecule has 0 aliphatic carbocycles. The molecule has 4 rings (SSSR count). The van der Waals surface area contributed by atoms with Crippen LogP contribution in [0.5, 0.6) is 5.75 Å². The smallest absolute Gasteiger partial charge is 0.327 e. The third kappa shape index (κ3) is 5.91. The molecule has 0 amide bonds. The fraction of sp³-hybridized carbons (Fsp3) is 0.214. The third-order valence-corrected chi connectivity index (χ3v) is 5.54. The van der Waals surface area contributed by atoms with Gasteiger partial charge in [0, 0.05) is 18.5 Å². The van der Waals surface area contributed by atoms with Gasteiger partial charge in [0.15, 0.2) is 0 Å². The number of rotatable bonds is 10. The Bertz CT molecular complexity index is 1170. The van der Waals surface area contributed by atoms with Crippen LogP contribution in [-0.4, -0.2) is 36.6 Å². The predicted octanol–water partition coefficient (Wildman–Crippen LogP) is 5.31. The summed E-state index contributed by atoms with van der Waals surface area (Å²) in [6, 6.07) is 26.9. The van der Waals surface area contributed by atoms with E-state index in [2.05, 4.69) is 4.98 Å². The summed E-state index contributed by atoms with van der Waals surface area (Å²) >= 11 is 0. The van der Waals surface area contributed by atoms with E-state index in [0.717, 1.165) is 28.1 Å². The second-order valence-corrected chi connectivity index (χ2v) is 8.00. The average Bonchev–Trinajstić information content (AvgIpc) is 3.35. The minimum atomic E-state index is -0.467. The molecule has 0 N–H and O–H groups in total. The highest BCUT2D eigenvalue weighted by molar-refractivity contribution is 5.77. The van der Waals surface area contributed by atoms with Crippen LogP contribution in [0.4, 0.5) is 0 Å². The summed E-state index contributed by atoms with van der Waals surface area (Å²) in [5.41, 5.74) is 3.78. The van der Waals surface area contributed by atoms with Crippen molar-refractivity contribution in [2.24, 2.45) is 0 Å². The van der Waals surface area contributed by atoms with Crippen molar-refractivity contribution in [2.45, 2.75) is 19.0 Å². The molecule has 1 heterocycles. The number of esters is 1. The van der Waals surface area contributed by atoms with Crippen LogP contribution >= 0.6 is 0 Å². The van der Waals surface area contributed by atoms with E-state index in [1.54, 1.807) is 6.26 Å². The number of carbonyl (C=O) groups excluding carboxylic acids is 1. The number of hydrogen-bond donors (Lipinski definition) is 0. The highest BCUT2D eigenvalue weighted by Crippen LogP contribution is 2.24. The van der Waals surface area contributed by atoms with E-state index in [-0.39, 0.29) is 5.97 Å². The number of oxazole rings is 1. The Labute approximate surface area is 199 Å². The Balaban J connectivity index is 1.31. The van der Waals surface area contributed by atoms with E-state index in [4.69, 9.17) is 13.9 Å². The first-order chi connectivity index (χ1) is 16.6. The summed E-state index contributed by atoms with van der Waals surface area (Å²) in [6.07, 6.45) is 2.33. The number of ether oxygens (including phenoxy) is 2. The molecular formula is C28H28N2O4. The second-order valence-electron chi connectivity index (χ2n) is 8.00. The van der Waals surface area contributed by atoms with Crippen LogP contribution in [0, 0.1) is 0 Å². The predicted molar refractivity (Wildman–Crippen MR) is 130 cm³/mol. The maximum absolute atomic E-state index is 12.4. The van der Waals surface area contributed by atoms with Crippen molar-refractivity contribution in [3.8, 4) is 17.2 Å². The SMILES string of the molecule is COC(=O)C(c1ccccc1)N(C)Cc1ccc(OCCc2coc(-c3ccccc3)n2)cc1. The molecular weight excluding hydrogens is 428 g/mol. The molecule has 0 spiro atoms. The summed E-state index contributed by atoms with van der Waals surface area (Å²) in [5.74, 6) is 1.12. The van der Waals surface area contributed by atoms with E-state index in [1.165, 1.54) is 7.11 Å². The van der Waals surface area contributed by atoms with Crippen LogP contribution < -0.4 is 4.74 Å². The molecule has 1 atom stereocenters. The summed E-state index contributed by atoms with van der Waals surface area (Å²) in [5, 5.41) is 0. The number of nitrogens with zero attached hydrogens (tertiary/aromatic N) is 2. The van der Waals surface area contributed by atoms with E-state index in [1.807, 2.05) is 96.9 Å². The standard InChI is InChI=1S/C28H28N2O4/c1-30(26(28(31)32-2)22-9-5-3-6-10-22)19-21-13-15-25(16-14-21)33-18-17-24-20-34-27(29-24)23-11-7-4-8-12-23/h3-16,20,26H,17-19H2,1-2H3. The Hall–Kier alpha value is -3.90. The van der Waals surface area contributed by atoms with Gasteiger partial charge in [-0.2, -0.15) is 0 Å². The summed E-state index contributed by atoms with van der Waals surface area (Å²) in [6.45, 7) is 1.09. The minimum absolute atomic E-state index is 0.281. The number of benzene rings is 3. The largest absolute Gasteiger partial charge is 0.493 e. The highest BCUT2D eigenvalue weighted by Gasteiger charge is 2.25. The monoisotopic (exact) mass is 456 g/mol. The first-order valence-corrected chi connectivity index (χ1v) is 11.2. The number of aromatic nitrogens is 1. The molecule has 0 bridgehead atoms. The van der Waals surface area contributed by atoms with E-state index in [9.17, 15) is 4.79 Å². The maximum Gasteiger partial charge on any atom is 0.327 e. The van der Waals surface area contributed by atoms with Crippen molar-refractivity contribution in [3.05, 3.63) is 108 Å². The number of carbonyl (C=O) groups is 1. The van der Waals surface area contributed by atoms with Gasteiger partial charge in [-0.15, -0.1) is 0 Å².